The molecule has 0 amide bonds. The highest BCUT2D eigenvalue weighted by Gasteiger charge is 2.30. The predicted molar refractivity (Wildman–Crippen MR) is 124 cm³/mol. The number of nitrogens with two attached hydrogens (primary N) is 1. The number of nitrogen functional groups attached to an aromatic ring is 1. The molecule has 4 aromatic heterocycles. The minimum absolute atomic E-state index is 0.166. The van der Waals surface area contributed by atoms with Gasteiger partial charge in [-0.25, -0.2) is 4.98 Å². The van der Waals surface area contributed by atoms with Gasteiger partial charge in [0.05, 0.1) is 28.0 Å². The molecule has 0 bridgehead atoms. The first-order valence-electron chi connectivity index (χ1n) is 10.1. The van der Waals surface area contributed by atoms with Gasteiger partial charge in [0, 0.05) is 34.2 Å². The van der Waals surface area contributed by atoms with Gasteiger partial charge in [0.15, 0.2) is 5.65 Å². The Bertz CT molecular complexity index is 1250. The van der Waals surface area contributed by atoms with Crippen molar-refractivity contribution in [3.8, 4) is 22.4 Å². The second kappa shape index (κ2) is 8.05. The fourth-order valence-corrected chi connectivity index (χ4v) is 5.47. The minimum Gasteiger partial charge on any atom is -0.481 e. The van der Waals surface area contributed by atoms with E-state index >= 15 is 0 Å². The highest BCUT2D eigenvalue weighted by atomic mass is 79.9. The lowest BCUT2D eigenvalue weighted by molar-refractivity contribution is -0.142. The summed E-state index contributed by atoms with van der Waals surface area (Å²) in [5.41, 5.74) is 11.7. The van der Waals surface area contributed by atoms with Crippen molar-refractivity contribution in [2.75, 3.05) is 5.73 Å². The van der Waals surface area contributed by atoms with Crippen LogP contribution in [0, 0.1) is 5.92 Å². The summed E-state index contributed by atoms with van der Waals surface area (Å²) in [6.07, 6.45) is 6.45. The molecule has 0 unspecified atom stereocenters. The molecule has 5 rings (SSSR count). The number of hydrogen-bond acceptors (Lipinski definition) is 6. The van der Waals surface area contributed by atoms with E-state index in [4.69, 9.17) is 10.7 Å². The number of thiophene rings is 1. The quantitative estimate of drug-likeness (QED) is 0.400. The van der Waals surface area contributed by atoms with Crippen LogP contribution in [0.25, 0.3) is 28.0 Å². The number of carbonyl (C=O) groups is 1. The summed E-state index contributed by atoms with van der Waals surface area (Å²) in [5.74, 6) is -0.319. The summed E-state index contributed by atoms with van der Waals surface area (Å²) in [7, 11) is 0. The van der Waals surface area contributed by atoms with E-state index in [1.165, 1.54) is 0 Å². The van der Waals surface area contributed by atoms with E-state index in [-0.39, 0.29) is 11.8 Å². The third kappa shape index (κ3) is 3.61. The number of pyridine rings is 1. The molecule has 0 radical (unpaired) electrons. The first-order valence-corrected chi connectivity index (χ1v) is 11.8. The summed E-state index contributed by atoms with van der Waals surface area (Å²) in [6.45, 7) is 0. The van der Waals surface area contributed by atoms with Crippen molar-refractivity contribution in [3.05, 3.63) is 51.5 Å². The zero-order chi connectivity index (χ0) is 21.5. The maximum atomic E-state index is 11.3. The van der Waals surface area contributed by atoms with Crippen molar-refractivity contribution in [2.24, 2.45) is 5.92 Å². The standard InChI is InChI=1S/C22H20BrN5O2S/c23-18-19(12-1-3-13(4-2-12)22(29)30)27-21-16(10-26-28(21)20(18)24)14-5-6-17(25-9-14)15-7-8-31-11-15/h5-13H,1-4,24H2,(H,29,30)/t12-,13+. The van der Waals surface area contributed by atoms with Gasteiger partial charge >= 0.3 is 5.97 Å². The van der Waals surface area contributed by atoms with Gasteiger partial charge in [-0.05, 0) is 59.1 Å². The van der Waals surface area contributed by atoms with Gasteiger partial charge in [-0.3, -0.25) is 9.78 Å². The van der Waals surface area contributed by atoms with E-state index in [1.54, 1.807) is 22.0 Å². The molecule has 9 heteroatoms. The number of aromatic nitrogens is 4. The topological polar surface area (TPSA) is 106 Å². The zero-order valence-electron chi connectivity index (χ0n) is 16.5. The van der Waals surface area contributed by atoms with Crippen molar-refractivity contribution in [2.45, 2.75) is 31.6 Å². The van der Waals surface area contributed by atoms with Crippen LogP contribution in [0.5, 0.6) is 0 Å². The lowest BCUT2D eigenvalue weighted by atomic mass is 9.80. The molecule has 31 heavy (non-hydrogen) atoms. The van der Waals surface area contributed by atoms with Gasteiger partial charge in [0.25, 0.3) is 0 Å². The van der Waals surface area contributed by atoms with E-state index in [2.05, 4.69) is 31.4 Å². The number of carboxylic acids is 1. The Morgan fingerprint density at radius 2 is 1.97 bits per heavy atom. The Hall–Kier alpha value is -2.78. The SMILES string of the molecule is Nc1c(Br)c([C@H]2CC[C@@H](C(=O)O)CC2)nc2c(-c3ccc(-c4ccsc4)nc3)cnn12. The molecule has 4 aromatic rings. The molecule has 0 atom stereocenters. The Morgan fingerprint density at radius 3 is 2.61 bits per heavy atom. The van der Waals surface area contributed by atoms with Gasteiger partial charge in [-0.2, -0.15) is 21.0 Å². The Balaban J connectivity index is 1.52. The van der Waals surface area contributed by atoms with E-state index in [0.717, 1.165) is 45.4 Å². The van der Waals surface area contributed by atoms with Crippen LogP contribution in [0.15, 0.2) is 45.8 Å². The summed E-state index contributed by atoms with van der Waals surface area (Å²) < 4.78 is 2.37. The normalized spacial score (nSPS) is 19.0. The number of aliphatic carboxylic acids is 1. The molecule has 1 saturated carbocycles. The molecule has 1 fully saturated rings. The number of nitrogens with zero attached hydrogens (tertiary/aromatic N) is 4. The Kier molecular flexibility index (Phi) is 5.23. The summed E-state index contributed by atoms with van der Waals surface area (Å²) in [6, 6.07) is 6.07. The summed E-state index contributed by atoms with van der Waals surface area (Å²) in [5, 5.41) is 17.8. The van der Waals surface area contributed by atoms with E-state index in [9.17, 15) is 9.90 Å². The molecule has 4 heterocycles. The highest BCUT2D eigenvalue weighted by molar-refractivity contribution is 9.10. The van der Waals surface area contributed by atoms with E-state index in [1.807, 2.05) is 29.8 Å². The molecule has 1 aliphatic carbocycles. The lowest BCUT2D eigenvalue weighted by Gasteiger charge is -2.26. The molecular formula is C22H20BrN5O2S. The highest BCUT2D eigenvalue weighted by Crippen LogP contribution is 2.40. The number of carboxylic acid groups (broad SMARTS) is 1. The van der Waals surface area contributed by atoms with Crippen molar-refractivity contribution < 1.29 is 9.90 Å². The van der Waals surface area contributed by atoms with E-state index in [0.29, 0.717) is 24.3 Å². The zero-order valence-corrected chi connectivity index (χ0v) is 18.9. The molecule has 0 saturated heterocycles. The van der Waals surface area contributed by atoms with Gasteiger partial charge < -0.3 is 10.8 Å². The predicted octanol–water partition coefficient (Wildman–Crippen LogP) is 5.22. The van der Waals surface area contributed by atoms with Crippen LogP contribution in [-0.4, -0.2) is 30.7 Å². The van der Waals surface area contributed by atoms with Crippen LogP contribution < -0.4 is 5.73 Å². The third-order valence-electron chi connectivity index (χ3n) is 6.00. The van der Waals surface area contributed by atoms with Crippen LogP contribution >= 0.6 is 27.3 Å². The second-order valence-corrected chi connectivity index (χ2v) is 9.39. The van der Waals surface area contributed by atoms with Crippen LogP contribution in [-0.2, 0) is 4.79 Å². The summed E-state index contributed by atoms with van der Waals surface area (Å²) >= 11 is 5.25. The van der Waals surface area contributed by atoms with Crippen LogP contribution in [0.4, 0.5) is 5.82 Å². The maximum absolute atomic E-state index is 11.3. The average molecular weight is 498 g/mol. The largest absolute Gasteiger partial charge is 0.481 e. The first-order chi connectivity index (χ1) is 15.0. The average Bonchev–Trinajstić information content (AvgIpc) is 3.47. The van der Waals surface area contributed by atoms with Crippen LogP contribution in [0.3, 0.4) is 0 Å². The number of halogens is 1. The monoisotopic (exact) mass is 497 g/mol. The molecular weight excluding hydrogens is 478 g/mol. The molecule has 0 aromatic carbocycles. The maximum Gasteiger partial charge on any atom is 0.306 e. The number of fused-ring (bicyclic) bond motifs is 1. The Labute approximate surface area is 191 Å². The van der Waals surface area contributed by atoms with Gasteiger partial charge in [-0.15, -0.1) is 0 Å². The van der Waals surface area contributed by atoms with Crippen molar-refractivity contribution in [1.82, 2.24) is 19.6 Å². The summed E-state index contributed by atoms with van der Waals surface area (Å²) in [4.78, 5) is 20.8. The number of rotatable bonds is 4. The molecule has 1 aliphatic rings. The van der Waals surface area contributed by atoms with Crippen molar-refractivity contribution >= 4 is 44.7 Å². The number of hydrogen-bond donors (Lipinski definition) is 2. The smallest absolute Gasteiger partial charge is 0.306 e. The Morgan fingerprint density at radius 1 is 1.16 bits per heavy atom. The van der Waals surface area contributed by atoms with Crippen LogP contribution in [0.2, 0.25) is 0 Å². The van der Waals surface area contributed by atoms with Crippen LogP contribution in [0.1, 0.15) is 37.3 Å². The fraction of sp³-hybridized carbons (Fsp3) is 0.273. The number of anilines is 1. The van der Waals surface area contributed by atoms with Gasteiger partial charge in [0.1, 0.15) is 5.82 Å². The van der Waals surface area contributed by atoms with E-state index < -0.39 is 5.97 Å². The van der Waals surface area contributed by atoms with Crippen molar-refractivity contribution in [3.63, 3.8) is 0 Å². The lowest BCUT2D eigenvalue weighted by Crippen LogP contribution is -2.21. The molecule has 3 N–H and O–H groups in total. The van der Waals surface area contributed by atoms with Crippen molar-refractivity contribution in [1.29, 1.82) is 0 Å². The first kappa shape index (κ1) is 20.1. The molecule has 7 nitrogen and oxygen atoms in total. The molecule has 0 aliphatic heterocycles. The molecule has 158 valence electrons. The van der Waals surface area contributed by atoms with Gasteiger partial charge in [-0.1, -0.05) is 6.07 Å². The fourth-order valence-electron chi connectivity index (χ4n) is 4.24. The minimum atomic E-state index is -0.711. The molecule has 0 spiro atoms. The van der Waals surface area contributed by atoms with Gasteiger partial charge in [0.2, 0.25) is 0 Å². The third-order valence-corrected chi connectivity index (χ3v) is 7.50. The second-order valence-electron chi connectivity index (χ2n) is 7.82.